The molecule has 0 aliphatic carbocycles. The number of esters is 1. The van der Waals surface area contributed by atoms with E-state index in [1.165, 1.54) is 0 Å². The number of aromatic nitrogens is 2. The third-order valence-electron chi connectivity index (χ3n) is 4.11. The fourth-order valence-corrected chi connectivity index (χ4v) is 2.37. The summed E-state index contributed by atoms with van der Waals surface area (Å²) >= 11 is 0. The smallest absolute Gasteiger partial charge is 0.338 e. The SMILES string of the molecule is CCC(C)OC(=O)c1ccc(-c2ncc(-c3ccc(O)cc3)cn2)cc1. The minimum atomic E-state index is -0.325. The summed E-state index contributed by atoms with van der Waals surface area (Å²) in [6, 6.07) is 13.9. The molecule has 0 spiro atoms. The van der Waals surface area contributed by atoms with Crippen molar-refractivity contribution in [3.63, 3.8) is 0 Å². The Bertz CT molecular complexity index is 873. The number of phenolic OH excluding ortho intramolecular Hbond substituents is 1. The van der Waals surface area contributed by atoms with E-state index >= 15 is 0 Å². The van der Waals surface area contributed by atoms with E-state index in [4.69, 9.17) is 4.74 Å². The van der Waals surface area contributed by atoms with Crippen LogP contribution < -0.4 is 0 Å². The molecule has 5 heteroatoms. The Balaban J connectivity index is 1.75. The van der Waals surface area contributed by atoms with E-state index in [2.05, 4.69) is 9.97 Å². The van der Waals surface area contributed by atoms with Crippen LogP contribution in [0.1, 0.15) is 30.6 Å². The predicted molar refractivity (Wildman–Crippen MR) is 99.7 cm³/mol. The zero-order valence-electron chi connectivity index (χ0n) is 14.7. The van der Waals surface area contributed by atoms with E-state index in [0.717, 1.165) is 23.1 Å². The molecule has 1 N–H and O–H groups in total. The van der Waals surface area contributed by atoms with Crippen LogP contribution in [-0.4, -0.2) is 27.1 Å². The van der Waals surface area contributed by atoms with Gasteiger partial charge in [0.15, 0.2) is 5.82 Å². The Morgan fingerprint density at radius 1 is 0.962 bits per heavy atom. The van der Waals surface area contributed by atoms with Gasteiger partial charge in [-0.3, -0.25) is 0 Å². The van der Waals surface area contributed by atoms with Gasteiger partial charge in [-0.2, -0.15) is 0 Å². The van der Waals surface area contributed by atoms with Gasteiger partial charge in [-0.1, -0.05) is 31.2 Å². The van der Waals surface area contributed by atoms with Crippen LogP contribution in [0.15, 0.2) is 60.9 Å². The van der Waals surface area contributed by atoms with E-state index in [9.17, 15) is 9.90 Å². The molecular formula is C21H20N2O3. The zero-order valence-corrected chi connectivity index (χ0v) is 14.7. The average molecular weight is 348 g/mol. The molecule has 0 aliphatic rings. The maximum Gasteiger partial charge on any atom is 0.338 e. The van der Waals surface area contributed by atoms with Crippen molar-refractivity contribution in [2.45, 2.75) is 26.4 Å². The molecule has 0 bridgehead atoms. The Morgan fingerprint density at radius 3 is 2.12 bits per heavy atom. The van der Waals surface area contributed by atoms with Gasteiger partial charge in [0.05, 0.1) is 11.7 Å². The summed E-state index contributed by atoms with van der Waals surface area (Å²) in [4.78, 5) is 20.8. The Labute approximate surface area is 152 Å². The summed E-state index contributed by atoms with van der Waals surface area (Å²) in [6.45, 7) is 3.84. The lowest BCUT2D eigenvalue weighted by atomic mass is 10.1. The maximum absolute atomic E-state index is 12.0. The average Bonchev–Trinajstić information content (AvgIpc) is 2.68. The van der Waals surface area contributed by atoms with Gasteiger partial charge < -0.3 is 9.84 Å². The van der Waals surface area contributed by atoms with Gasteiger partial charge in [0.25, 0.3) is 0 Å². The summed E-state index contributed by atoms with van der Waals surface area (Å²) in [7, 11) is 0. The van der Waals surface area contributed by atoms with Gasteiger partial charge in [0.1, 0.15) is 5.75 Å². The lowest BCUT2D eigenvalue weighted by Crippen LogP contribution is -2.13. The minimum Gasteiger partial charge on any atom is -0.508 e. The van der Waals surface area contributed by atoms with E-state index in [1.54, 1.807) is 36.7 Å². The summed E-state index contributed by atoms with van der Waals surface area (Å²) in [6.07, 6.45) is 4.16. The first-order valence-electron chi connectivity index (χ1n) is 8.49. The number of aromatic hydroxyl groups is 1. The summed E-state index contributed by atoms with van der Waals surface area (Å²) in [5, 5.41) is 9.36. The highest BCUT2D eigenvalue weighted by Gasteiger charge is 2.11. The van der Waals surface area contributed by atoms with Crippen LogP contribution in [0.25, 0.3) is 22.5 Å². The molecule has 0 aliphatic heterocycles. The van der Waals surface area contributed by atoms with Crippen molar-refractivity contribution in [2.75, 3.05) is 0 Å². The fraction of sp³-hybridized carbons (Fsp3) is 0.190. The monoisotopic (exact) mass is 348 g/mol. The van der Waals surface area contributed by atoms with Gasteiger partial charge in [-0.15, -0.1) is 0 Å². The van der Waals surface area contributed by atoms with Crippen LogP contribution in [0.4, 0.5) is 0 Å². The Hall–Kier alpha value is -3.21. The molecule has 1 aromatic heterocycles. The highest BCUT2D eigenvalue weighted by Crippen LogP contribution is 2.22. The number of benzene rings is 2. The second kappa shape index (κ2) is 7.78. The predicted octanol–water partition coefficient (Wildman–Crippen LogP) is 4.47. The third kappa shape index (κ3) is 4.06. The van der Waals surface area contributed by atoms with Crippen LogP contribution in [0, 0.1) is 0 Å². The number of phenols is 1. The van der Waals surface area contributed by atoms with Crippen molar-refractivity contribution < 1.29 is 14.6 Å². The molecule has 3 rings (SSSR count). The zero-order chi connectivity index (χ0) is 18.5. The number of carbonyl (C=O) groups is 1. The van der Waals surface area contributed by atoms with Crippen molar-refractivity contribution in [3.05, 3.63) is 66.5 Å². The fourth-order valence-electron chi connectivity index (χ4n) is 2.37. The number of ether oxygens (including phenoxy) is 1. The van der Waals surface area contributed by atoms with Crippen LogP contribution in [-0.2, 0) is 4.74 Å². The Morgan fingerprint density at radius 2 is 1.54 bits per heavy atom. The standard InChI is InChI=1S/C21H20N2O3/c1-3-14(2)26-21(25)17-6-4-16(5-7-17)20-22-12-18(13-23-20)15-8-10-19(24)11-9-15/h4-14,24H,3H2,1-2H3. The lowest BCUT2D eigenvalue weighted by molar-refractivity contribution is 0.0334. The van der Waals surface area contributed by atoms with Crippen molar-refractivity contribution in [3.8, 4) is 28.3 Å². The van der Waals surface area contributed by atoms with Crippen molar-refractivity contribution in [1.82, 2.24) is 9.97 Å². The first-order valence-corrected chi connectivity index (χ1v) is 8.49. The molecule has 2 aromatic carbocycles. The molecule has 0 fully saturated rings. The first-order chi connectivity index (χ1) is 12.6. The lowest BCUT2D eigenvalue weighted by Gasteiger charge is -2.10. The molecule has 5 nitrogen and oxygen atoms in total. The number of carbonyl (C=O) groups excluding carboxylic acids is 1. The van der Waals surface area contributed by atoms with Gasteiger partial charge >= 0.3 is 5.97 Å². The molecule has 0 saturated heterocycles. The number of hydrogen-bond acceptors (Lipinski definition) is 5. The van der Waals surface area contributed by atoms with Crippen molar-refractivity contribution in [2.24, 2.45) is 0 Å². The molecule has 0 amide bonds. The molecule has 132 valence electrons. The number of rotatable bonds is 5. The summed E-state index contributed by atoms with van der Waals surface area (Å²) < 4.78 is 5.32. The Kier molecular flexibility index (Phi) is 5.27. The number of hydrogen-bond donors (Lipinski definition) is 1. The number of nitrogens with zero attached hydrogens (tertiary/aromatic N) is 2. The maximum atomic E-state index is 12.0. The molecule has 26 heavy (non-hydrogen) atoms. The topological polar surface area (TPSA) is 72.3 Å². The molecule has 1 heterocycles. The second-order valence-electron chi connectivity index (χ2n) is 6.04. The van der Waals surface area contributed by atoms with Gasteiger partial charge in [-0.25, -0.2) is 14.8 Å². The molecule has 0 radical (unpaired) electrons. The molecule has 1 atom stereocenters. The first kappa shape index (κ1) is 17.6. The van der Waals surface area contributed by atoms with Crippen LogP contribution in [0.2, 0.25) is 0 Å². The van der Waals surface area contributed by atoms with Gasteiger partial charge in [0.2, 0.25) is 0 Å². The van der Waals surface area contributed by atoms with Crippen molar-refractivity contribution in [1.29, 1.82) is 0 Å². The highest BCUT2D eigenvalue weighted by atomic mass is 16.5. The van der Waals surface area contributed by atoms with Crippen LogP contribution in [0.5, 0.6) is 5.75 Å². The molecule has 3 aromatic rings. The minimum absolute atomic E-state index is 0.0991. The van der Waals surface area contributed by atoms with E-state index in [-0.39, 0.29) is 17.8 Å². The van der Waals surface area contributed by atoms with Crippen LogP contribution in [0.3, 0.4) is 0 Å². The largest absolute Gasteiger partial charge is 0.508 e. The second-order valence-corrected chi connectivity index (χ2v) is 6.04. The summed E-state index contributed by atoms with van der Waals surface area (Å²) in [5.74, 6) is 0.474. The molecule has 1 unspecified atom stereocenters. The van der Waals surface area contributed by atoms with Gasteiger partial charge in [-0.05, 0) is 43.2 Å². The quantitative estimate of drug-likeness (QED) is 0.689. The van der Waals surface area contributed by atoms with Crippen molar-refractivity contribution >= 4 is 5.97 Å². The van der Waals surface area contributed by atoms with E-state index in [0.29, 0.717) is 11.4 Å². The summed E-state index contributed by atoms with van der Waals surface area (Å²) in [5.41, 5.74) is 3.12. The normalized spacial score (nSPS) is 11.8. The molecule has 0 saturated carbocycles. The van der Waals surface area contributed by atoms with Gasteiger partial charge in [0, 0.05) is 23.5 Å². The van der Waals surface area contributed by atoms with Crippen LogP contribution >= 0.6 is 0 Å². The van der Waals surface area contributed by atoms with E-state index in [1.807, 2.05) is 38.1 Å². The third-order valence-corrected chi connectivity index (χ3v) is 4.11. The van der Waals surface area contributed by atoms with E-state index < -0.39 is 0 Å². The molecular weight excluding hydrogens is 328 g/mol. The highest BCUT2D eigenvalue weighted by molar-refractivity contribution is 5.90.